The Kier molecular flexibility index (Phi) is 6.40. The van der Waals surface area contributed by atoms with Crippen molar-refractivity contribution in [3.8, 4) is 0 Å². The third kappa shape index (κ3) is 5.67. The smallest absolute Gasteiger partial charge is 0.349 e. The van der Waals surface area contributed by atoms with Gasteiger partial charge < -0.3 is 4.90 Å². The molecule has 0 N–H and O–H groups in total. The molecule has 0 amide bonds. The van der Waals surface area contributed by atoms with Gasteiger partial charge in [0.05, 0.1) is 0 Å². The van der Waals surface area contributed by atoms with Crippen LogP contribution in [0.15, 0.2) is 60.7 Å². The lowest BCUT2D eigenvalue weighted by atomic mass is 10.2. The molecule has 0 fully saturated rings. The minimum absolute atomic E-state index is 0.134. The Morgan fingerprint density at radius 2 is 1.20 bits per heavy atom. The van der Waals surface area contributed by atoms with Crippen LogP contribution < -0.4 is 0 Å². The molecule has 0 saturated carbocycles. The van der Waals surface area contributed by atoms with E-state index in [-0.39, 0.29) is 13.1 Å². The van der Waals surface area contributed by atoms with E-state index >= 15 is 0 Å². The Balaban J connectivity index is 2.19. The van der Waals surface area contributed by atoms with Gasteiger partial charge in [-0.25, -0.2) is 0 Å². The molecule has 25 heavy (non-hydrogen) atoms. The number of alkyl halides is 5. The van der Waals surface area contributed by atoms with Gasteiger partial charge in [-0.05, 0) is 22.9 Å². The Labute approximate surface area is 151 Å². The lowest BCUT2D eigenvalue weighted by molar-refractivity contribution is -0.237. The van der Waals surface area contributed by atoms with E-state index in [4.69, 9.17) is 12.2 Å². The highest BCUT2D eigenvalue weighted by Gasteiger charge is 2.59. The lowest BCUT2D eigenvalue weighted by Gasteiger charge is -2.28. The number of thiocarbonyl (C=S) groups is 1. The molecule has 2 rings (SSSR count). The van der Waals surface area contributed by atoms with Crippen molar-refractivity contribution in [2.75, 3.05) is 0 Å². The van der Waals surface area contributed by atoms with Gasteiger partial charge in [-0.2, -0.15) is 22.0 Å². The van der Waals surface area contributed by atoms with Crippen LogP contribution in [0.3, 0.4) is 0 Å². The summed E-state index contributed by atoms with van der Waals surface area (Å²) in [7, 11) is 0. The van der Waals surface area contributed by atoms with Crippen LogP contribution in [0.2, 0.25) is 0 Å². The third-order valence-corrected chi connectivity index (χ3v) is 4.67. The Hall–Kier alpha value is -1.67. The molecule has 0 bridgehead atoms. The van der Waals surface area contributed by atoms with Crippen LogP contribution >= 0.6 is 24.0 Å². The normalized spacial score (nSPS) is 12.0. The maximum atomic E-state index is 13.3. The quantitative estimate of drug-likeness (QED) is 0.464. The lowest BCUT2D eigenvalue weighted by Crippen LogP contribution is -2.37. The summed E-state index contributed by atoms with van der Waals surface area (Å²) in [6.45, 7) is 0.269. The van der Waals surface area contributed by atoms with Gasteiger partial charge in [0.2, 0.25) is 0 Å². The molecule has 0 saturated heterocycles. The highest BCUT2D eigenvalue weighted by atomic mass is 32.2. The fourth-order valence-corrected chi connectivity index (χ4v) is 3.06. The molecule has 0 spiro atoms. The van der Waals surface area contributed by atoms with Gasteiger partial charge in [-0.3, -0.25) is 0 Å². The first-order chi connectivity index (χ1) is 11.7. The summed E-state index contributed by atoms with van der Waals surface area (Å²) in [5.41, 5.74) is 1.52. The molecule has 2 aromatic rings. The molecule has 0 aliphatic heterocycles. The summed E-state index contributed by atoms with van der Waals surface area (Å²) < 4.78 is 63.6. The van der Waals surface area contributed by atoms with Crippen molar-refractivity contribution in [2.24, 2.45) is 0 Å². The predicted molar refractivity (Wildman–Crippen MR) is 93.3 cm³/mol. The monoisotopic (exact) mass is 391 g/mol. The molecule has 8 heteroatoms. The van der Waals surface area contributed by atoms with Gasteiger partial charge in [0.15, 0.2) is 0 Å². The maximum Gasteiger partial charge on any atom is 0.464 e. The van der Waals surface area contributed by atoms with Crippen molar-refractivity contribution >= 4 is 28.3 Å². The van der Waals surface area contributed by atoms with Crippen LogP contribution in [0.4, 0.5) is 22.0 Å². The van der Waals surface area contributed by atoms with E-state index in [9.17, 15) is 22.0 Å². The van der Waals surface area contributed by atoms with Crippen molar-refractivity contribution in [1.29, 1.82) is 0 Å². The van der Waals surface area contributed by atoms with Crippen LogP contribution in [-0.2, 0) is 13.1 Å². The molecule has 134 valence electrons. The minimum atomic E-state index is -5.66. The van der Waals surface area contributed by atoms with E-state index in [1.54, 1.807) is 60.7 Å². The number of nitrogens with zero attached hydrogens (tertiary/aromatic N) is 1. The van der Waals surface area contributed by atoms with Crippen LogP contribution in [0.1, 0.15) is 11.1 Å². The summed E-state index contributed by atoms with van der Waals surface area (Å²) in [5.74, 6) is 0. The Morgan fingerprint density at radius 1 is 0.800 bits per heavy atom. The fraction of sp³-hybridized carbons (Fsp3) is 0.235. The van der Waals surface area contributed by atoms with Gasteiger partial charge in [-0.1, -0.05) is 72.9 Å². The number of thioether (sulfide) groups is 1. The second-order valence-corrected chi connectivity index (χ2v) is 6.96. The predicted octanol–water partition coefficient (Wildman–Crippen LogP) is 5.86. The van der Waals surface area contributed by atoms with Crippen molar-refractivity contribution in [2.45, 2.75) is 24.5 Å². The average Bonchev–Trinajstić information content (AvgIpc) is 2.55. The third-order valence-electron chi connectivity index (χ3n) is 3.24. The zero-order chi connectivity index (χ0) is 18.5. The Bertz CT molecular complexity index is 648. The van der Waals surface area contributed by atoms with E-state index < -0.39 is 27.5 Å². The van der Waals surface area contributed by atoms with Gasteiger partial charge in [0.1, 0.15) is 4.32 Å². The molecule has 1 nitrogen and oxygen atoms in total. The highest BCUT2D eigenvalue weighted by molar-refractivity contribution is 8.23. The standard InChI is InChI=1S/C17H14F5NS2/c18-16(19,20)17(21,22)25-15(24)23(11-13-7-3-1-4-8-13)12-14-9-5-2-6-10-14/h1-10H,11-12H2. The molecular weight excluding hydrogens is 377 g/mol. The molecule has 2 aromatic carbocycles. The minimum Gasteiger partial charge on any atom is -0.349 e. The fourth-order valence-electron chi connectivity index (χ4n) is 2.02. The van der Waals surface area contributed by atoms with E-state index in [0.29, 0.717) is 0 Å². The van der Waals surface area contributed by atoms with Crippen LogP contribution in [0.25, 0.3) is 0 Å². The number of benzene rings is 2. The van der Waals surface area contributed by atoms with Crippen molar-refractivity contribution in [1.82, 2.24) is 4.90 Å². The molecule has 0 aromatic heterocycles. The van der Waals surface area contributed by atoms with Crippen LogP contribution in [0.5, 0.6) is 0 Å². The van der Waals surface area contributed by atoms with Gasteiger partial charge in [-0.15, -0.1) is 0 Å². The summed E-state index contributed by atoms with van der Waals surface area (Å²) in [6.07, 6.45) is -5.66. The Morgan fingerprint density at radius 3 is 1.56 bits per heavy atom. The second-order valence-electron chi connectivity index (χ2n) is 5.21. The molecule has 0 heterocycles. The summed E-state index contributed by atoms with van der Waals surface area (Å²) >= 11 is 4.25. The van der Waals surface area contributed by atoms with E-state index in [2.05, 4.69) is 0 Å². The van der Waals surface area contributed by atoms with Crippen LogP contribution in [0, 0.1) is 0 Å². The SMILES string of the molecule is FC(F)(F)C(F)(F)SC(=S)N(Cc1ccccc1)Cc1ccccc1. The summed E-state index contributed by atoms with van der Waals surface area (Å²) in [5, 5.41) is -4.93. The van der Waals surface area contributed by atoms with Crippen LogP contribution in [-0.4, -0.2) is 20.7 Å². The zero-order valence-corrected chi connectivity index (χ0v) is 14.5. The van der Waals surface area contributed by atoms with Crippen molar-refractivity contribution in [3.05, 3.63) is 71.8 Å². The first-order valence-electron chi connectivity index (χ1n) is 7.19. The summed E-state index contributed by atoms with van der Waals surface area (Å²) in [4.78, 5) is 1.34. The number of hydrogen-bond donors (Lipinski definition) is 0. The van der Waals surface area contributed by atoms with Crippen molar-refractivity contribution < 1.29 is 22.0 Å². The molecule has 0 radical (unpaired) electrons. The number of rotatable bonds is 5. The second kappa shape index (κ2) is 8.14. The highest BCUT2D eigenvalue weighted by Crippen LogP contribution is 2.45. The maximum absolute atomic E-state index is 13.3. The number of hydrogen-bond acceptors (Lipinski definition) is 2. The largest absolute Gasteiger partial charge is 0.464 e. The molecule has 0 unspecified atom stereocenters. The topological polar surface area (TPSA) is 3.24 Å². The molecule has 0 aliphatic carbocycles. The van der Waals surface area contributed by atoms with Gasteiger partial charge in [0, 0.05) is 13.1 Å². The first-order valence-corrected chi connectivity index (χ1v) is 8.42. The molecule has 0 atom stereocenters. The van der Waals surface area contributed by atoms with E-state index in [1.807, 2.05) is 0 Å². The molecule has 0 aliphatic rings. The summed E-state index contributed by atoms with van der Waals surface area (Å²) in [6, 6.07) is 17.6. The van der Waals surface area contributed by atoms with Gasteiger partial charge >= 0.3 is 11.4 Å². The van der Waals surface area contributed by atoms with E-state index in [0.717, 1.165) is 11.1 Å². The van der Waals surface area contributed by atoms with E-state index in [1.165, 1.54) is 4.90 Å². The molecular formula is C17H14F5NS2. The van der Waals surface area contributed by atoms with Crippen molar-refractivity contribution in [3.63, 3.8) is 0 Å². The number of halogens is 5. The first kappa shape index (κ1) is 19.7. The zero-order valence-electron chi connectivity index (χ0n) is 12.8. The average molecular weight is 391 g/mol. The van der Waals surface area contributed by atoms with Gasteiger partial charge in [0.25, 0.3) is 0 Å².